The molecule has 0 aliphatic carbocycles. The first kappa shape index (κ1) is 16.3. The summed E-state index contributed by atoms with van der Waals surface area (Å²) in [6.07, 6.45) is 2.70. The molecule has 21 heavy (non-hydrogen) atoms. The number of benzene rings is 1. The summed E-state index contributed by atoms with van der Waals surface area (Å²) in [5.74, 6) is 0.432. The monoisotopic (exact) mass is 328 g/mol. The zero-order chi connectivity index (χ0) is 15.5. The number of aryl methyl sites for hydroxylation is 1. The van der Waals surface area contributed by atoms with Gasteiger partial charge in [0.15, 0.2) is 0 Å². The number of rotatable bonds is 7. The maximum Gasteiger partial charge on any atom is 0.150 e. The highest BCUT2D eigenvalue weighted by atomic mass is 35.5. The summed E-state index contributed by atoms with van der Waals surface area (Å²) >= 11 is 6.08. The molecule has 0 unspecified atom stereocenters. The van der Waals surface area contributed by atoms with Gasteiger partial charge in [-0.2, -0.15) is 0 Å². The first-order chi connectivity index (χ1) is 9.96. The molecule has 1 aromatic heterocycles. The number of hydrogen-bond donors (Lipinski definition) is 1. The van der Waals surface area contributed by atoms with Crippen molar-refractivity contribution in [2.45, 2.75) is 26.4 Å². The van der Waals surface area contributed by atoms with Gasteiger partial charge < -0.3 is 9.88 Å². The first-order valence-corrected chi connectivity index (χ1v) is 9.29. The summed E-state index contributed by atoms with van der Waals surface area (Å²) in [5, 5.41) is 5.00. The van der Waals surface area contributed by atoms with Crippen LogP contribution in [0.5, 0.6) is 0 Å². The van der Waals surface area contributed by atoms with Gasteiger partial charge in [-0.3, -0.25) is 0 Å². The van der Waals surface area contributed by atoms with Crippen molar-refractivity contribution < 1.29 is 8.42 Å². The lowest BCUT2D eigenvalue weighted by Crippen LogP contribution is -2.11. The molecule has 0 saturated heterocycles. The molecule has 0 spiro atoms. The van der Waals surface area contributed by atoms with Crippen LogP contribution in [0.2, 0.25) is 5.02 Å². The topological polar surface area (TPSA) is 51.1 Å². The molecule has 0 aliphatic rings. The Labute approximate surface area is 131 Å². The van der Waals surface area contributed by atoms with Crippen molar-refractivity contribution in [2.24, 2.45) is 0 Å². The highest BCUT2D eigenvalue weighted by Gasteiger charge is 2.11. The van der Waals surface area contributed by atoms with Crippen molar-refractivity contribution in [1.82, 2.24) is 9.88 Å². The zero-order valence-electron chi connectivity index (χ0n) is 12.4. The van der Waals surface area contributed by atoms with E-state index in [0.717, 1.165) is 17.4 Å². The number of fused-ring (bicyclic) bond motifs is 1. The van der Waals surface area contributed by atoms with Crippen LogP contribution in [0.25, 0.3) is 10.9 Å². The minimum Gasteiger partial charge on any atom is -0.347 e. The molecule has 0 bridgehead atoms. The van der Waals surface area contributed by atoms with Crippen LogP contribution in [0.4, 0.5) is 0 Å². The molecule has 0 fully saturated rings. The van der Waals surface area contributed by atoms with Crippen LogP contribution in [-0.2, 0) is 22.9 Å². The van der Waals surface area contributed by atoms with Gasteiger partial charge in [0, 0.05) is 41.0 Å². The van der Waals surface area contributed by atoms with Crippen molar-refractivity contribution in [3.05, 3.63) is 35.0 Å². The standard InChI is InChI=1S/C15H21ClN2O2S/c1-3-21(19,20)8-4-7-18-11-12(10-17-2)14-6-5-13(16)9-15(14)18/h5-6,9,11,17H,3-4,7-8,10H2,1-2H3. The third kappa shape index (κ3) is 3.99. The van der Waals surface area contributed by atoms with E-state index in [1.165, 1.54) is 5.56 Å². The Bertz CT molecular complexity index is 723. The van der Waals surface area contributed by atoms with E-state index in [0.29, 0.717) is 18.0 Å². The summed E-state index contributed by atoms with van der Waals surface area (Å²) in [4.78, 5) is 0. The third-order valence-corrected chi connectivity index (χ3v) is 5.61. The normalized spacial score (nSPS) is 12.1. The summed E-state index contributed by atoms with van der Waals surface area (Å²) in [5.41, 5.74) is 2.25. The predicted octanol–water partition coefficient (Wildman–Crippen LogP) is 2.84. The van der Waals surface area contributed by atoms with Crippen molar-refractivity contribution in [2.75, 3.05) is 18.6 Å². The zero-order valence-corrected chi connectivity index (χ0v) is 14.0. The number of aromatic nitrogens is 1. The van der Waals surface area contributed by atoms with E-state index in [4.69, 9.17) is 11.6 Å². The molecule has 2 rings (SSSR count). The van der Waals surface area contributed by atoms with Gasteiger partial charge in [-0.25, -0.2) is 8.42 Å². The Morgan fingerprint density at radius 1 is 1.33 bits per heavy atom. The molecule has 1 N–H and O–H groups in total. The van der Waals surface area contributed by atoms with Gasteiger partial charge in [0.1, 0.15) is 9.84 Å². The van der Waals surface area contributed by atoms with E-state index in [1.807, 2.05) is 25.2 Å². The molecule has 116 valence electrons. The Kier molecular flexibility index (Phi) is 5.30. The van der Waals surface area contributed by atoms with Gasteiger partial charge in [-0.15, -0.1) is 0 Å². The van der Waals surface area contributed by atoms with E-state index in [2.05, 4.69) is 16.1 Å². The van der Waals surface area contributed by atoms with Gasteiger partial charge in [0.2, 0.25) is 0 Å². The fraction of sp³-hybridized carbons (Fsp3) is 0.467. The molecule has 0 atom stereocenters. The molecule has 0 radical (unpaired) electrons. The molecule has 0 saturated carbocycles. The lowest BCUT2D eigenvalue weighted by atomic mass is 10.2. The molecule has 0 amide bonds. The average molecular weight is 329 g/mol. The molecule has 1 aromatic carbocycles. The second kappa shape index (κ2) is 6.81. The Morgan fingerprint density at radius 3 is 2.76 bits per heavy atom. The first-order valence-electron chi connectivity index (χ1n) is 7.09. The van der Waals surface area contributed by atoms with Crippen LogP contribution in [-0.4, -0.2) is 31.5 Å². The van der Waals surface area contributed by atoms with E-state index < -0.39 is 9.84 Å². The minimum atomic E-state index is -2.91. The third-order valence-electron chi connectivity index (χ3n) is 3.59. The summed E-state index contributed by atoms with van der Waals surface area (Å²) in [6, 6.07) is 5.84. The van der Waals surface area contributed by atoms with Crippen LogP contribution in [0.15, 0.2) is 24.4 Å². The number of nitrogens with one attached hydrogen (secondary N) is 1. The van der Waals surface area contributed by atoms with Crippen molar-refractivity contribution in [3.8, 4) is 0 Å². The van der Waals surface area contributed by atoms with Crippen LogP contribution in [0.1, 0.15) is 18.9 Å². The summed E-state index contributed by atoms with van der Waals surface area (Å²) in [6.45, 7) is 3.14. The fourth-order valence-electron chi connectivity index (χ4n) is 2.46. The van der Waals surface area contributed by atoms with Crippen LogP contribution < -0.4 is 5.32 Å². The van der Waals surface area contributed by atoms with Gasteiger partial charge in [0.25, 0.3) is 0 Å². The Hall–Kier alpha value is -1.04. The molecule has 0 aliphatic heterocycles. The average Bonchev–Trinajstić information content (AvgIpc) is 2.77. The lowest BCUT2D eigenvalue weighted by Gasteiger charge is -2.05. The Balaban J connectivity index is 2.24. The van der Waals surface area contributed by atoms with E-state index in [9.17, 15) is 8.42 Å². The van der Waals surface area contributed by atoms with Crippen LogP contribution in [0.3, 0.4) is 0 Å². The smallest absolute Gasteiger partial charge is 0.150 e. The number of sulfone groups is 1. The SMILES string of the molecule is CCS(=O)(=O)CCCn1cc(CNC)c2ccc(Cl)cc21. The van der Waals surface area contributed by atoms with Gasteiger partial charge in [0.05, 0.1) is 5.75 Å². The van der Waals surface area contributed by atoms with Crippen molar-refractivity contribution >= 4 is 32.3 Å². The van der Waals surface area contributed by atoms with E-state index in [1.54, 1.807) is 6.92 Å². The molecule has 4 nitrogen and oxygen atoms in total. The largest absolute Gasteiger partial charge is 0.347 e. The van der Waals surface area contributed by atoms with Gasteiger partial charge >= 0.3 is 0 Å². The lowest BCUT2D eigenvalue weighted by molar-refractivity contribution is 0.589. The summed E-state index contributed by atoms with van der Waals surface area (Å²) in [7, 11) is -0.997. The van der Waals surface area contributed by atoms with Gasteiger partial charge in [-0.1, -0.05) is 24.6 Å². The highest BCUT2D eigenvalue weighted by Crippen LogP contribution is 2.25. The maximum atomic E-state index is 11.6. The number of nitrogens with zero attached hydrogens (tertiary/aromatic N) is 1. The number of halogens is 1. The highest BCUT2D eigenvalue weighted by molar-refractivity contribution is 7.91. The molecule has 2 aromatic rings. The second-order valence-electron chi connectivity index (χ2n) is 5.13. The molecule has 6 heteroatoms. The maximum absolute atomic E-state index is 11.6. The van der Waals surface area contributed by atoms with Crippen molar-refractivity contribution in [1.29, 1.82) is 0 Å². The second-order valence-corrected chi connectivity index (χ2v) is 8.04. The van der Waals surface area contributed by atoms with Gasteiger partial charge in [-0.05, 0) is 31.2 Å². The minimum absolute atomic E-state index is 0.205. The van der Waals surface area contributed by atoms with Crippen molar-refractivity contribution in [3.63, 3.8) is 0 Å². The van der Waals surface area contributed by atoms with E-state index >= 15 is 0 Å². The quantitative estimate of drug-likeness (QED) is 0.850. The van der Waals surface area contributed by atoms with Crippen LogP contribution >= 0.6 is 11.6 Å². The number of hydrogen-bond acceptors (Lipinski definition) is 3. The van der Waals surface area contributed by atoms with E-state index in [-0.39, 0.29) is 11.5 Å². The Morgan fingerprint density at radius 2 is 2.10 bits per heavy atom. The molecular formula is C15H21ClN2O2S. The van der Waals surface area contributed by atoms with Crippen LogP contribution in [0, 0.1) is 0 Å². The molecular weight excluding hydrogens is 308 g/mol. The summed E-state index contributed by atoms with van der Waals surface area (Å²) < 4.78 is 25.2. The predicted molar refractivity (Wildman–Crippen MR) is 88.7 cm³/mol. The fourth-order valence-corrected chi connectivity index (χ4v) is 3.48. The molecule has 1 heterocycles.